The molecule has 0 unspecified atom stereocenters. The van der Waals surface area contributed by atoms with E-state index in [1.165, 1.54) is 0 Å². The number of rotatable bonds is 6. The first kappa shape index (κ1) is 15.1. The summed E-state index contributed by atoms with van der Waals surface area (Å²) < 4.78 is 35.4. The molecule has 104 valence electrons. The minimum absolute atomic E-state index is 0.0468. The van der Waals surface area contributed by atoms with Gasteiger partial charge in [-0.3, -0.25) is 9.78 Å². The van der Waals surface area contributed by atoms with Crippen LogP contribution in [0, 0.1) is 6.92 Å². The minimum atomic E-state index is -4.44. The Kier molecular flexibility index (Phi) is 5.47. The van der Waals surface area contributed by atoms with Gasteiger partial charge in [0.05, 0.1) is 11.9 Å². The highest BCUT2D eigenvalue weighted by Gasteiger charge is 2.22. The molecule has 0 aromatic carbocycles. The number of hydrogen-bond acceptors (Lipinski definition) is 4. The van der Waals surface area contributed by atoms with E-state index >= 15 is 0 Å². The molecule has 0 aliphatic heterocycles. The summed E-state index contributed by atoms with van der Waals surface area (Å²) in [7, 11) is 0. The van der Waals surface area contributed by atoms with Crippen LogP contribution in [0.1, 0.15) is 18.5 Å². The molecule has 1 aromatic rings. The first-order valence-corrected chi connectivity index (χ1v) is 5.68. The third-order valence-electron chi connectivity index (χ3n) is 2.12. The van der Waals surface area contributed by atoms with Gasteiger partial charge in [0.1, 0.15) is 5.82 Å². The second kappa shape index (κ2) is 6.86. The van der Waals surface area contributed by atoms with Crippen molar-refractivity contribution >= 4 is 11.6 Å². The van der Waals surface area contributed by atoms with Crippen LogP contribution in [0.15, 0.2) is 24.5 Å². The first-order chi connectivity index (χ1) is 8.87. The topological polar surface area (TPSA) is 54.9 Å². The predicted molar refractivity (Wildman–Crippen MR) is 64.7 cm³/mol. The smallest absolute Gasteiger partial charge is 0.369 e. The first-order valence-electron chi connectivity index (χ1n) is 5.68. The number of aryl methyl sites for hydroxylation is 1. The van der Waals surface area contributed by atoms with Crippen LogP contribution >= 0.6 is 0 Å². The number of ketones is 1. The Morgan fingerprint density at radius 2 is 2.16 bits per heavy atom. The van der Waals surface area contributed by atoms with E-state index in [0.717, 1.165) is 5.69 Å². The summed E-state index contributed by atoms with van der Waals surface area (Å²) in [5, 5.41) is 2.94. The zero-order chi connectivity index (χ0) is 14.3. The monoisotopic (exact) mass is 273 g/mol. The van der Waals surface area contributed by atoms with E-state index in [4.69, 9.17) is 0 Å². The second-order valence-electron chi connectivity index (χ2n) is 3.92. The molecule has 0 fully saturated rings. The molecule has 1 rings (SSSR count). The van der Waals surface area contributed by atoms with Gasteiger partial charge in [-0.2, -0.15) is 13.2 Å². The van der Waals surface area contributed by atoms with Gasteiger partial charge < -0.3 is 5.32 Å². The predicted octanol–water partition coefficient (Wildman–Crippen LogP) is 2.66. The summed E-state index contributed by atoms with van der Waals surface area (Å²) >= 11 is 0. The maximum Gasteiger partial charge on any atom is 0.409 e. The lowest BCUT2D eigenvalue weighted by Gasteiger charge is -2.04. The Hall–Kier alpha value is -1.92. The van der Waals surface area contributed by atoms with E-state index in [-0.39, 0.29) is 12.5 Å². The van der Waals surface area contributed by atoms with Gasteiger partial charge in [-0.25, -0.2) is 4.98 Å². The van der Waals surface area contributed by atoms with Crippen LogP contribution < -0.4 is 5.32 Å². The summed E-state index contributed by atoms with van der Waals surface area (Å²) in [6.45, 7) is 2.24. The fraction of sp³-hybridized carbons (Fsp3) is 0.417. The normalized spacial score (nSPS) is 11.8. The van der Waals surface area contributed by atoms with Gasteiger partial charge in [-0.05, 0) is 19.4 Å². The van der Waals surface area contributed by atoms with Gasteiger partial charge in [0.25, 0.3) is 0 Å². The summed E-state index contributed by atoms with van der Waals surface area (Å²) in [6.07, 6.45) is -0.295. The Labute approximate surface area is 108 Å². The maximum atomic E-state index is 11.8. The van der Waals surface area contributed by atoms with E-state index in [1.807, 2.05) is 0 Å². The highest BCUT2D eigenvalue weighted by molar-refractivity contribution is 5.89. The van der Waals surface area contributed by atoms with Crippen molar-refractivity contribution in [1.82, 2.24) is 9.97 Å². The molecule has 0 saturated heterocycles. The number of aromatic nitrogens is 2. The summed E-state index contributed by atoms with van der Waals surface area (Å²) in [5.41, 5.74) is 0.759. The van der Waals surface area contributed by atoms with Gasteiger partial charge in [0.2, 0.25) is 0 Å². The average Bonchev–Trinajstić information content (AvgIpc) is 2.31. The Morgan fingerprint density at radius 3 is 2.79 bits per heavy atom. The molecule has 19 heavy (non-hydrogen) atoms. The van der Waals surface area contributed by atoms with E-state index < -0.39 is 12.0 Å². The Bertz CT molecular complexity index is 458. The molecular weight excluding hydrogens is 259 g/mol. The molecule has 0 bridgehead atoms. The van der Waals surface area contributed by atoms with Gasteiger partial charge in [-0.15, -0.1) is 0 Å². The minimum Gasteiger partial charge on any atom is -0.369 e. The number of carbonyl (C=O) groups excluding carboxylic acids is 1. The molecule has 1 heterocycles. The van der Waals surface area contributed by atoms with Gasteiger partial charge >= 0.3 is 6.18 Å². The van der Waals surface area contributed by atoms with Crippen molar-refractivity contribution in [3.8, 4) is 0 Å². The lowest BCUT2D eigenvalue weighted by Crippen LogP contribution is -2.07. The number of hydrogen-bond donors (Lipinski definition) is 1. The molecule has 0 aliphatic rings. The van der Waals surface area contributed by atoms with Crippen molar-refractivity contribution in [2.24, 2.45) is 0 Å². The molecular formula is C12H14F3N3O. The van der Waals surface area contributed by atoms with Crippen molar-refractivity contribution in [3.05, 3.63) is 30.2 Å². The SMILES string of the molecule is Cc1cncc(NCCCC(=O)/C=C/C(F)(F)F)n1. The van der Waals surface area contributed by atoms with E-state index in [0.29, 0.717) is 24.9 Å². The van der Waals surface area contributed by atoms with E-state index in [2.05, 4.69) is 15.3 Å². The average molecular weight is 273 g/mol. The zero-order valence-corrected chi connectivity index (χ0v) is 10.4. The summed E-state index contributed by atoms with van der Waals surface area (Å²) in [4.78, 5) is 19.2. The van der Waals surface area contributed by atoms with Gasteiger partial charge in [0, 0.05) is 25.2 Å². The Balaban J connectivity index is 2.24. The zero-order valence-electron chi connectivity index (χ0n) is 10.4. The molecule has 0 saturated carbocycles. The van der Waals surface area contributed by atoms with Crippen LogP contribution in [-0.4, -0.2) is 28.5 Å². The lowest BCUT2D eigenvalue weighted by atomic mass is 10.2. The molecule has 0 spiro atoms. The molecule has 7 heteroatoms. The molecule has 0 radical (unpaired) electrons. The summed E-state index contributed by atoms with van der Waals surface area (Å²) in [5.74, 6) is 0.0349. The molecule has 0 aliphatic carbocycles. The van der Waals surface area contributed by atoms with E-state index in [1.54, 1.807) is 19.3 Å². The number of halogens is 3. The largest absolute Gasteiger partial charge is 0.409 e. The molecule has 1 N–H and O–H groups in total. The second-order valence-corrected chi connectivity index (χ2v) is 3.92. The quantitative estimate of drug-likeness (QED) is 0.639. The maximum absolute atomic E-state index is 11.8. The fourth-order valence-electron chi connectivity index (χ4n) is 1.30. The van der Waals surface area contributed by atoms with Crippen LogP contribution in [-0.2, 0) is 4.79 Å². The molecule has 4 nitrogen and oxygen atoms in total. The number of nitrogens with zero attached hydrogens (tertiary/aromatic N) is 2. The number of carbonyl (C=O) groups is 1. The van der Waals surface area contributed by atoms with Crippen molar-refractivity contribution < 1.29 is 18.0 Å². The molecule has 0 amide bonds. The van der Waals surface area contributed by atoms with E-state index in [9.17, 15) is 18.0 Å². The number of allylic oxidation sites excluding steroid dienone is 2. The van der Waals surface area contributed by atoms with Crippen LogP contribution in [0.25, 0.3) is 0 Å². The van der Waals surface area contributed by atoms with Crippen LogP contribution in [0.2, 0.25) is 0 Å². The highest BCUT2D eigenvalue weighted by atomic mass is 19.4. The van der Waals surface area contributed by atoms with Crippen LogP contribution in [0.3, 0.4) is 0 Å². The van der Waals surface area contributed by atoms with Crippen molar-refractivity contribution in [3.63, 3.8) is 0 Å². The number of alkyl halides is 3. The third kappa shape index (κ3) is 7.17. The standard InChI is InChI=1S/C12H14F3N3O/c1-9-7-16-8-11(18-9)17-6-2-3-10(19)4-5-12(13,14)15/h4-5,7-8H,2-3,6H2,1H3,(H,17,18)/b5-4+. The van der Waals surface area contributed by atoms with Crippen molar-refractivity contribution in [1.29, 1.82) is 0 Å². The number of nitrogens with one attached hydrogen (secondary N) is 1. The fourth-order valence-corrected chi connectivity index (χ4v) is 1.30. The lowest BCUT2D eigenvalue weighted by molar-refractivity contribution is -0.115. The van der Waals surface area contributed by atoms with Crippen LogP contribution in [0.5, 0.6) is 0 Å². The van der Waals surface area contributed by atoms with Crippen LogP contribution in [0.4, 0.5) is 19.0 Å². The molecule has 0 atom stereocenters. The highest BCUT2D eigenvalue weighted by Crippen LogP contribution is 2.16. The van der Waals surface area contributed by atoms with Crippen molar-refractivity contribution in [2.45, 2.75) is 25.9 Å². The van der Waals surface area contributed by atoms with Gasteiger partial charge in [0.15, 0.2) is 5.78 Å². The third-order valence-corrected chi connectivity index (χ3v) is 2.12. The molecule has 1 aromatic heterocycles. The number of anilines is 1. The summed E-state index contributed by atoms with van der Waals surface area (Å²) in [6, 6.07) is 0. The van der Waals surface area contributed by atoms with Gasteiger partial charge in [-0.1, -0.05) is 0 Å². The Morgan fingerprint density at radius 1 is 1.42 bits per heavy atom. The van der Waals surface area contributed by atoms with Crippen molar-refractivity contribution in [2.75, 3.05) is 11.9 Å².